The number of anilines is 1. The number of carbonyl (C=O) groups is 2. The van der Waals surface area contributed by atoms with Gasteiger partial charge in [-0.05, 0) is 44.5 Å². The average molecular weight is 288 g/mol. The van der Waals surface area contributed by atoms with Crippen molar-refractivity contribution < 1.29 is 18.8 Å². The van der Waals surface area contributed by atoms with Crippen LogP contribution in [0.3, 0.4) is 0 Å². The lowest BCUT2D eigenvalue weighted by Crippen LogP contribution is -2.14. The van der Waals surface area contributed by atoms with Crippen LogP contribution < -0.4 is 5.32 Å². The molecule has 1 amide bonds. The molecule has 2 aromatic rings. The Morgan fingerprint density at radius 3 is 2.48 bits per heavy atom. The molecule has 110 valence electrons. The van der Waals surface area contributed by atoms with Gasteiger partial charge in [-0.2, -0.15) is 0 Å². The minimum absolute atomic E-state index is 0.292. The highest BCUT2D eigenvalue weighted by atomic mass is 16.5. The van der Waals surface area contributed by atoms with Gasteiger partial charge in [0.05, 0.1) is 18.4 Å². The van der Waals surface area contributed by atoms with Crippen LogP contribution in [-0.4, -0.2) is 24.1 Å². The van der Waals surface area contributed by atoms with Gasteiger partial charge in [-0.1, -0.05) is 5.16 Å². The summed E-state index contributed by atoms with van der Waals surface area (Å²) < 4.78 is 9.63. The summed E-state index contributed by atoms with van der Waals surface area (Å²) in [6.07, 6.45) is 0. The number of benzene rings is 1. The number of carbonyl (C=O) groups excluding carboxylic acids is 2. The fraction of sp³-hybridized carbons (Fsp3) is 0.267. The topological polar surface area (TPSA) is 81.4 Å². The molecular weight excluding hydrogens is 272 g/mol. The first-order chi connectivity index (χ1) is 9.93. The van der Waals surface area contributed by atoms with Crippen molar-refractivity contribution in [1.82, 2.24) is 5.16 Å². The first kappa shape index (κ1) is 14.8. The molecule has 0 unspecified atom stereocenters. The smallest absolute Gasteiger partial charge is 0.337 e. The van der Waals surface area contributed by atoms with E-state index in [9.17, 15) is 9.59 Å². The molecule has 0 spiro atoms. The summed E-state index contributed by atoms with van der Waals surface area (Å²) in [5, 5.41) is 6.54. The van der Waals surface area contributed by atoms with Crippen LogP contribution in [0.1, 0.15) is 37.7 Å². The Balaban J connectivity index is 2.24. The number of hydrogen-bond acceptors (Lipinski definition) is 5. The van der Waals surface area contributed by atoms with Gasteiger partial charge in [0.25, 0.3) is 5.91 Å². The molecule has 0 saturated carbocycles. The van der Waals surface area contributed by atoms with E-state index in [1.165, 1.54) is 7.11 Å². The summed E-state index contributed by atoms with van der Waals surface area (Å²) in [5.41, 5.74) is 2.77. The Bertz CT molecular complexity index is 684. The zero-order chi connectivity index (χ0) is 15.6. The summed E-state index contributed by atoms with van der Waals surface area (Å²) in [6.45, 7) is 5.19. The molecule has 0 radical (unpaired) electrons. The van der Waals surface area contributed by atoms with Crippen LogP contribution in [0.5, 0.6) is 0 Å². The largest absolute Gasteiger partial charge is 0.465 e. The molecule has 21 heavy (non-hydrogen) atoms. The van der Waals surface area contributed by atoms with E-state index in [1.807, 2.05) is 0 Å². The Kier molecular flexibility index (Phi) is 4.07. The molecule has 6 nitrogen and oxygen atoms in total. The average Bonchev–Trinajstić information content (AvgIpc) is 2.79. The van der Waals surface area contributed by atoms with Gasteiger partial charge in [-0.3, -0.25) is 4.79 Å². The molecule has 6 heteroatoms. The van der Waals surface area contributed by atoms with Crippen molar-refractivity contribution in [2.75, 3.05) is 12.4 Å². The van der Waals surface area contributed by atoms with Gasteiger partial charge < -0.3 is 14.6 Å². The van der Waals surface area contributed by atoms with Crippen molar-refractivity contribution >= 4 is 17.6 Å². The van der Waals surface area contributed by atoms with Crippen molar-refractivity contribution in [3.8, 4) is 0 Å². The van der Waals surface area contributed by atoms with Gasteiger partial charge in [-0.15, -0.1) is 0 Å². The Hall–Kier alpha value is -2.63. The van der Waals surface area contributed by atoms with E-state index in [0.717, 1.165) is 5.56 Å². The molecule has 0 bridgehead atoms. The molecule has 1 aromatic carbocycles. The fourth-order valence-corrected chi connectivity index (χ4v) is 2.04. The maximum atomic E-state index is 12.2. The van der Waals surface area contributed by atoms with Gasteiger partial charge in [-0.25, -0.2) is 4.79 Å². The molecular formula is C15H16N2O4. The lowest BCUT2D eigenvalue weighted by atomic mass is 10.1. The Morgan fingerprint density at radius 1 is 1.24 bits per heavy atom. The third-order valence-corrected chi connectivity index (χ3v) is 3.16. The number of ether oxygens (including phenoxy) is 1. The van der Waals surface area contributed by atoms with Crippen LogP contribution in [-0.2, 0) is 4.74 Å². The molecule has 1 heterocycles. The third kappa shape index (κ3) is 2.94. The molecule has 0 aliphatic heterocycles. The zero-order valence-corrected chi connectivity index (χ0v) is 12.3. The lowest BCUT2D eigenvalue weighted by molar-refractivity contribution is 0.0600. The molecule has 0 aliphatic carbocycles. The highest BCUT2D eigenvalue weighted by molar-refractivity contribution is 6.06. The van der Waals surface area contributed by atoms with Gasteiger partial charge in [0, 0.05) is 5.69 Å². The van der Waals surface area contributed by atoms with Crippen molar-refractivity contribution in [2.45, 2.75) is 20.8 Å². The number of hydrogen-bond donors (Lipinski definition) is 1. The second kappa shape index (κ2) is 5.78. The van der Waals surface area contributed by atoms with Crippen molar-refractivity contribution in [1.29, 1.82) is 0 Å². The monoisotopic (exact) mass is 288 g/mol. The van der Waals surface area contributed by atoms with E-state index in [2.05, 4.69) is 15.2 Å². The van der Waals surface area contributed by atoms with Crippen LogP contribution >= 0.6 is 0 Å². The third-order valence-electron chi connectivity index (χ3n) is 3.16. The predicted octanol–water partition coefficient (Wildman–Crippen LogP) is 2.64. The number of esters is 1. The SMILES string of the molecule is COC(=O)c1ccc(NC(=O)c2c(C)noc2C)c(C)c1. The zero-order valence-electron chi connectivity index (χ0n) is 12.3. The molecule has 0 saturated heterocycles. The molecule has 1 aromatic heterocycles. The summed E-state index contributed by atoms with van der Waals surface area (Å²) in [6, 6.07) is 4.92. The van der Waals surface area contributed by atoms with Crippen LogP contribution in [0, 0.1) is 20.8 Å². The van der Waals surface area contributed by atoms with Crippen molar-refractivity contribution in [2.24, 2.45) is 0 Å². The number of rotatable bonds is 3. The van der Waals surface area contributed by atoms with Crippen LogP contribution in [0.2, 0.25) is 0 Å². The van der Waals surface area contributed by atoms with E-state index < -0.39 is 5.97 Å². The number of nitrogens with one attached hydrogen (secondary N) is 1. The van der Waals surface area contributed by atoms with Crippen LogP contribution in [0.15, 0.2) is 22.7 Å². The van der Waals surface area contributed by atoms with Crippen LogP contribution in [0.25, 0.3) is 0 Å². The molecule has 0 aliphatic rings. The first-order valence-electron chi connectivity index (χ1n) is 6.37. The highest BCUT2D eigenvalue weighted by Crippen LogP contribution is 2.20. The number of methoxy groups -OCH3 is 1. The lowest BCUT2D eigenvalue weighted by Gasteiger charge is -2.09. The minimum Gasteiger partial charge on any atom is -0.465 e. The number of aromatic nitrogens is 1. The number of nitrogens with zero attached hydrogens (tertiary/aromatic N) is 1. The fourth-order valence-electron chi connectivity index (χ4n) is 2.04. The summed E-state index contributed by atoms with van der Waals surface area (Å²) in [4.78, 5) is 23.7. The van der Waals surface area contributed by atoms with Gasteiger partial charge in [0.15, 0.2) is 0 Å². The van der Waals surface area contributed by atoms with E-state index in [-0.39, 0.29) is 5.91 Å². The summed E-state index contributed by atoms with van der Waals surface area (Å²) in [7, 11) is 1.32. The van der Waals surface area contributed by atoms with Crippen molar-refractivity contribution in [3.63, 3.8) is 0 Å². The summed E-state index contributed by atoms with van der Waals surface area (Å²) in [5.74, 6) is -0.240. The minimum atomic E-state index is -0.415. The highest BCUT2D eigenvalue weighted by Gasteiger charge is 2.18. The predicted molar refractivity (Wildman–Crippen MR) is 76.4 cm³/mol. The second-order valence-electron chi connectivity index (χ2n) is 4.67. The van der Waals surface area contributed by atoms with Crippen molar-refractivity contribution in [3.05, 3.63) is 46.3 Å². The number of amides is 1. The Labute approximate surface area is 122 Å². The number of aryl methyl sites for hydroxylation is 3. The second-order valence-corrected chi connectivity index (χ2v) is 4.67. The van der Waals surface area contributed by atoms with Crippen LogP contribution in [0.4, 0.5) is 5.69 Å². The molecule has 0 fully saturated rings. The summed E-state index contributed by atoms with van der Waals surface area (Å²) >= 11 is 0. The standard InChI is InChI=1S/C15H16N2O4/c1-8-7-11(15(19)20-4)5-6-12(8)16-14(18)13-9(2)17-21-10(13)3/h5-7H,1-4H3,(H,16,18). The molecule has 0 atom stereocenters. The van der Waals surface area contributed by atoms with E-state index >= 15 is 0 Å². The normalized spacial score (nSPS) is 10.3. The molecule has 1 N–H and O–H groups in total. The van der Waals surface area contributed by atoms with Gasteiger partial charge >= 0.3 is 5.97 Å². The van der Waals surface area contributed by atoms with E-state index in [1.54, 1.807) is 39.0 Å². The maximum Gasteiger partial charge on any atom is 0.337 e. The van der Waals surface area contributed by atoms with Gasteiger partial charge in [0.2, 0.25) is 0 Å². The van der Waals surface area contributed by atoms with E-state index in [0.29, 0.717) is 28.3 Å². The quantitative estimate of drug-likeness (QED) is 0.878. The van der Waals surface area contributed by atoms with E-state index in [4.69, 9.17) is 4.52 Å². The van der Waals surface area contributed by atoms with Gasteiger partial charge in [0.1, 0.15) is 11.3 Å². The molecule has 2 rings (SSSR count). The Morgan fingerprint density at radius 2 is 1.95 bits per heavy atom. The first-order valence-corrected chi connectivity index (χ1v) is 6.37. The maximum absolute atomic E-state index is 12.2.